The Bertz CT molecular complexity index is 370. The summed E-state index contributed by atoms with van der Waals surface area (Å²) in [7, 11) is 0. The summed E-state index contributed by atoms with van der Waals surface area (Å²) in [6.45, 7) is 8.45. The number of ether oxygens (including phenoxy) is 2. The highest BCUT2D eigenvalue weighted by molar-refractivity contribution is 5.84. The van der Waals surface area contributed by atoms with Gasteiger partial charge in [-0.1, -0.05) is 38.2 Å². The van der Waals surface area contributed by atoms with E-state index in [-0.39, 0.29) is 11.9 Å². The van der Waals surface area contributed by atoms with Crippen LogP contribution in [0.3, 0.4) is 0 Å². The molecular weight excluding hydrogens is 244 g/mol. The van der Waals surface area contributed by atoms with Crippen molar-refractivity contribution in [1.29, 1.82) is 0 Å². The van der Waals surface area contributed by atoms with Gasteiger partial charge in [0.2, 0.25) is 0 Å². The quantitative estimate of drug-likeness (QED) is 0.693. The Kier molecular flexibility index (Phi) is 6.33. The van der Waals surface area contributed by atoms with Crippen molar-refractivity contribution in [2.24, 2.45) is 11.8 Å². The molecule has 0 aliphatic heterocycles. The number of allylic oxidation sites excluding steroid dienone is 2. The van der Waals surface area contributed by atoms with Gasteiger partial charge in [0.15, 0.2) is 0 Å². The molecular formula is C15H22O4. The summed E-state index contributed by atoms with van der Waals surface area (Å²) < 4.78 is 10.3. The van der Waals surface area contributed by atoms with Crippen LogP contribution >= 0.6 is 0 Å². The van der Waals surface area contributed by atoms with E-state index >= 15 is 0 Å². The summed E-state index contributed by atoms with van der Waals surface area (Å²) in [5.41, 5.74) is 0.831. The fourth-order valence-corrected chi connectivity index (χ4v) is 1.93. The van der Waals surface area contributed by atoms with Crippen LogP contribution in [0.4, 0.5) is 0 Å². The SMILES string of the molecule is C=C1C=CC(C(=O)OCCC)C(C(=O)OCCC)C1. The lowest BCUT2D eigenvalue weighted by molar-refractivity contribution is -0.159. The monoisotopic (exact) mass is 266 g/mol. The summed E-state index contributed by atoms with van der Waals surface area (Å²) in [6.07, 6.45) is 5.45. The molecule has 4 heteroatoms. The third-order valence-corrected chi connectivity index (χ3v) is 2.93. The van der Waals surface area contributed by atoms with Crippen molar-refractivity contribution < 1.29 is 19.1 Å². The van der Waals surface area contributed by atoms with E-state index in [1.165, 1.54) is 0 Å². The Morgan fingerprint density at radius 2 is 1.79 bits per heavy atom. The van der Waals surface area contributed by atoms with Crippen molar-refractivity contribution in [3.8, 4) is 0 Å². The van der Waals surface area contributed by atoms with Crippen LogP contribution in [0.15, 0.2) is 24.3 Å². The highest BCUT2D eigenvalue weighted by Gasteiger charge is 2.36. The zero-order valence-corrected chi connectivity index (χ0v) is 11.7. The predicted octanol–water partition coefficient (Wildman–Crippen LogP) is 2.64. The van der Waals surface area contributed by atoms with Crippen LogP contribution in [0.2, 0.25) is 0 Å². The maximum absolute atomic E-state index is 12.0. The first-order chi connectivity index (χ1) is 9.10. The van der Waals surface area contributed by atoms with Crippen molar-refractivity contribution >= 4 is 11.9 Å². The Hall–Kier alpha value is -1.58. The van der Waals surface area contributed by atoms with Crippen LogP contribution in [0.25, 0.3) is 0 Å². The molecule has 2 unspecified atom stereocenters. The smallest absolute Gasteiger partial charge is 0.313 e. The normalized spacial score (nSPS) is 22.1. The minimum atomic E-state index is -0.554. The van der Waals surface area contributed by atoms with Gasteiger partial charge in [-0.2, -0.15) is 0 Å². The lowest BCUT2D eigenvalue weighted by Gasteiger charge is -2.25. The number of rotatable bonds is 6. The second-order valence-corrected chi connectivity index (χ2v) is 4.69. The topological polar surface area (TPSA) is 52.6 Å². The molecule has 1 aliphatic carbocycles. The zero-order chi connectivity index (χ0) is 14.3. The summed E-state index contributed by atoms with van der Waals surface area (Å²) in [5.74, 6) is -1.76. The van der Waals surface area contributed by atoms with E-state index in [1.807, 2.05) is 13.8 Å². The molecule has 0 spiro atoms. The molecule has 0 saturated heterocycles. The largest absolute Gasteiger partial charge is 0.465 e. The Balaban J connectivity index is 2.73. The van der Waals surface area contributed by atoms with Gasteiger partial charge in [-0.25, -0.2) is 0 Å². The van der Waals surface area contributed by atoms with E-state index in [4.69, 9.17) is 9.47 Å². The lowest BCUT2D eigenvalue weighted by atomic mass is 9.82. The van der Waals surface area contributed by atoms with Gasteiger partial charge < -0.3 is 9.47 Å². The molecule has 106 valence electrons. The van der Waals surface area contributed by atoms with Gasteiger partial charge in [-0.3, -0.25) is 9.59 Å². The molecule has 0 fully saturated rings. The highest BCUT2D eigenvalue weighted by Crippen LogP contribution is 2.29. The summed E-state index contributed by atoms with van der Waals surface area (Å²) >= 11 is 0. The van der Waals surface area contributed by atoms with E-state index in [0.717, 1.165) is 18.4 Å². The first kappa shape index (κ1) is 15.5. The molecule has 0 heterocycles. The number of carbonyl (C=O) groups is 2. The van der Waals surface area contributed by atoms with Crippen LogP contribution in [0.5, 0.6) is 0 Å². The van der Waals surface area contributed by atoms with Gasteiger partial charge in [-0.15, -0.1) is 0 Å². The first-order valence-electron chi connectivity index (χ1n) is 6.79. The summed E-state index contributed by atoms with van der Waals surface area (Å²) in [6, 6.07) is 0. The fraction of sp³-hybridized carbons (Fsp3) is 0.600. The molecule has 0 N–H and O–H groups in total. The molecule has 0 saturated carbocycles. The van der Waals surface area contributed by atoms with Gasteiger partial charge in [0, 0.05) is 0 Å². The standard InChI is InChI=1S/C15H22O4/c1-4-8-18-14(16)12-7-6-11(3)10-13(12)15(17)19-9-5-2/h6-7,12-13H,3-5,8-10H2,1-2H3. The zero-order valence-electron chi connectivity index (χ0n) is 11.7. The van der Waals surface area contributed by atoms with Gasteiger partial charge in [0.1, 0.15) is 0 Å². The van der Waals surface area contributed by atoms with Crippen LogP contribution in [-0.4, -0.2) is 25.2 Å². The predicted molar refractivity (Wildman–Crippen MR) is 72.4 cm³/mol. The average molecular weight is 266 g/mol. The van der Waals surface area contributed by atoms with E-state index in [9.17, 15) is 9.59 Å². The van der Waals surface area contributed by atoms with E-state index < -0.39 is 11.8 Å². The van der Waals surface area contributed by atoms with E-state index in [0.29, 0.717) is 19.6 Å². The summed E-state index contributed by atoms with van der Waals surface area (Å²) in [5, 5.41) is 0. The number of hydrogen-bond acceptors (Lipinski definition) is 4. The van der Waals surface area contributed by atoms with Crippen molar-refractivity contribution in [3.63, 3.8) is 0 Å². The second-order valence-electron chi connectivity index (χ2n) is 4.69. The molecule has 19 heavy (non-hydrogen) atoms. The number of hydrogen-bond donors (Lipinski definition) is 0. The molecule has 4 nitrogen and oxygen atoms in total. The molecule has 0 aromatic heterocycles. The molecule has 1 aliphatic rings. The maximum atomic E-state index is 12.0. The lowest BCUT2D eigenvalue weighted by Crippen LogP contribution is -2.33. The van der Waals surface area contributed by atoms with Gasteiger partial charge in [-0.05, 0) is 19.3 Å². The first-order valence-corrected chi connectivity index (χ1v) is 6.79. The van der Waals surface area contributed by atoms with Gasteiger partial charge >= 0.3 is 11.9 Å². The Morgan fingerprint density at radius 3 is 2.37 bits per heavy atom. The second kappa shape index (κ2) is 7.77. The van der Waals surface area contributed by atoms with Crippen LogP contribution in [0, 0.1) is 11.8 Å². The van der Waals surface area contributed by atoms with Crippen molar-refractivity contribution in [1.82, 2.24) is 0 Å². The minimum absolute atomic E-state index is 0.342. The molecule has 0 aromatic carbocycles. The van der Waals surface area contributed by atoms with Crippen molar-refractivity contribution in [2.45, 2.75) is 33.1 Å². The van der Waals surface area contributed by atoms with Gasteiger partial charge in [0.05, 0.1) is 25.0 Å². The number of carbonyl (C=O) groups excluding carboxylic acids is 2. The molecule has 0 amide bonds. The van der Waals surface area contributed by atoms with Gasteiger partial charge in [0.25, 0.3) is 0 Å². The van der Waals surface area contributed by atoms with E-state index in [1.54, 1.807) is 12.2 Å². The van der Waals surface area contributed by atoms with Crippen molar-refractivity contribution in [3.05, 3.63) is 24.3 Å². The van der Waals surface area contributed by atoms with Crippen LogP contribution in [-0.2, 0) is 19.1 Å². The molecule has 0 radical (unpaired) electrons. The molecule has 0 bridgehead atoms. The highest BCUT2D eigenvalue weighted by atomic mass is 16.5. The molecule has 0 aromatic rings. The Labute approximate surface area is 114 Å². The summed E-state index contributed by atoms with van der Waals surface area (Å²) in [4.78, 5) is 23.9. The average Bonchev–Trinajstić information content (AvgIpc) is 2.41. The fourth-order valence-electron chi connectivity index (χ4n) is 1.93. The van der Waals surface area contributed by atoms with Crippen LogP contribution < -0.4 is 0 Å². The molecule has 1 rings (SSSR count). The minimum Gasteiger partial charge on any atom is -0.465 e. The third kappa shape index (κ3) is 4.54. The third-order valence-electron chi connectivity index (χ3n) is 2.93. The van der Waals surface area contributed by atoms with Crippen LogP contribution in [0.1, 0.15) is 33.1 Å². The maximum Gasteiger partial charge on any atom is 0.313 e. The van der Waals surface area contributed by atoms with Crippen molar-refractivity contribution in [2.75, 3.05) is 13.2 Å². The number of esters is 2. The Morgan fingerprint density at radius 1 is 1.21 bits per heavy atom. The van der Waals surface area contributed by atoms with E-state index in [2.05, 4.69) is 6.58 Å². The molecule has 2 atom stereocenters.